The zero-order valence-electron chi connectivity index (χ0n) is 49.5. The van der Waals surface area contributed by atoms with Crippen molar-refractivity contribution in [2.75, 3.05) is 13.2 Å². The van der Waals surface area contributed by atoms with Gasteiger partial charge < -0.3 is 14.2 Å². The average molecular weight is 1050 g/mol. The van der Waals surface area contributed by atoms with E-state index in [2.05, 4.69) is 142 Å². The number of hydrogen-bond acceptors (Lipinski definition) is 6. The molecule has 1 atom stereocenters. The summed E-state index contributed by atoms with van der Waals surface area (Å²) in [6, 6.07) is 0. The van der Waals surface area contributed by atoms with E-state index in [0.717, 1.165) is 154 Å². The number of ether oxygens (including phenoxy) is 3. The first-order chi connectivity index (χ1) is 37.5. The summed E-state index contributed by atoms with van der Waals surface area (Å²) < 4.78 is 16.8. The second-order valence-corrected chi connectivity index (χ2v) is 20.6. The zero-order valence-corrected chi connectivity index (χ0v) is 49.5. The van der Waals surface area contributed by atoms with E-state index in [1.54, 1.807) is 0 Å². The minimum atomic E-state index is -0.789. The van der Waals surface area contributed by atoms with Crippen molar-refractivity contribution < 1.29 is 28.6 Å². The predicted octanol–water partition coefficient (Wildman–Crippen LogP) is 21.6. The minimum Gasteiger partial charge on any atom is -0.462 e. The van der Waals surface area contributed by atoms with Gasteiger partial charge in [-0.15, -0.1) is 0 Å². The molecule has 0 saturated carbocycles. The van der Waals surface area contributed by atoms with Crippen LogP contribution in [0.25, 0.3) is 0 Å². The van der Waals surface area contributed by atoms with E-state index in [0.29, 0.717) is 19.3 Å². The van der Waals surface area contributed by atoms with E-state index in [1.165, 1.54) is 89.9 Å². The van der Waals surface area contributed by atoms with Gasteiger partial charge in [-0.25, -0.2) is 0 Å². The third kappa shape index (κ3) is 60.7. The molecule has 0 fully saturated rings. The SMILES string of the molecule is CC/C=C\C/C=C\C/C=C\C/C=C\C/C=C\C/C=C\C/C=C\CCCCCCCCCCCCCCCC(=O)OCC(COC(=O)CCCCCCC/C=C\CCC)OC(=O)CCCCCCC/C=C\C/C=C\CCC. The smallest absolute Gasteiger partial charge is 0.306 e. The third-order valence-corrected chi connectivity index (χ3v) is 13.1. The second kappa shape index (κ2) is 63.3. The first-order valence-corrected chi connectivity index (χ1v) is 31.5. The van der Waals surface area contributed by atoms with Crippen LogP contribution in [0.4, 0.5) is 0 Å². The van der Waals surface area contributed by atoms with Crippen LogP contribution in [-0.4, -0.2) is 37.2 Å². The van der Waals surface area contributed by atoms with Crippen LogP contribution in [0.5, 0.6) is 0 Å². The molecule has 0 aromatic heterocycles. The lowest BCUT2D eigenvalue weighted by molar-refractivity contribution is -0.167. The molecule has 76 heavy (non-hydrogen) atoms. The summed E-state index contributed by atoms with van der Waals surface area (Å²) in [5.41, 5.74) is 0. The van der Waals surface area contributed by atoms with Gasteiger partial charge in [-0.3, -0.25) is 14.4 Å². The Bertz CT molecular complexity index is 1590. The number of esters is 3. The molecule has 0 aromatic rings. The fourth-order valence-electron chi connectivity index (χ4n) is 8.46. The lowest BCUT2D eigenvalue weighted by Gasteiger charge is -2.18. The Balaban J connectivity index is 4.11. The van der Waals surface area contributed by atoms with Crippen LogP contribution < -0.4 is 0 Å². The largest absolute Gasteiger partial charge is 0.462 e. The summed E-state index contributed by atoms with van der Waals surface area (Å²) in [7, 11) is 0. The third-order valence-electron chi connectivity index (χ3n) is 13.1. The second-order valence-electron chi connectivity index (χ2n) is 20.6. The Kier molecular flexibility index (Phi) is 59.9. The van der Waals surface area contributed by atoms with Gasteiger partial charge in [0, 0.05) is 19.3 Å². The number of unbranched alkanes of at least 4 members (excludes halogenated alkanes) is 25. The lowest BCUT2D eigenvalue weighted by atomic mass is 10.0. The molecule has 0 bridgehead atoms. The maximum Gasteiger partial charge on any atom is 0.306 e. The maximum absolute atomic E-state index is 12.8. The van der Waals surface area contributed by atoms with Crippen LogP contribution in [0.1, 0.15) is 284 Å². The van der Waals surface area contributed by atoms with Gasteiger partial charge in [-0.2, -0.15) is 0 Å². The molecule has 6 heteroatoms. The Hall–Kier alpha value is -4.19. The first kappa shape index (κ1) is 71.8. The summed E-state index contributed by atoms with van der Waals surface area (Å²) in [4.78, 5) is 38.1. The van der Waals surface area contributed by atoms with Gasteiger partial charge in [0.2, 0.25) is 0 Å². The van der Waals surface area contributed by atoms with E-state index >= 15 is 0 Å². The summed E-state index contributed by atoms with van der Waals surface area (Å²) >= 11 is 0. The molecular weight excluding hydrogens is 937 g/mol. The molecule has 0 amide bonds. The van der Waals surface area contributed by atoms with Crippen molar-refractivity contribution in [3.8, 4) is 0 Å². The van der Waals surface area contributed by atoms with E-state index < -0.39 is 6.10 Å². The van der Waals surface area contributed by atoms with Crippen molar-refractivity contribution in [1.82, 2.24) is 0 Å². The average Bonchev–Trinajstić information content (AvgIpc) is 3.42. The molecule has 0 spiro atoms. The molecule has 0 N–H and O–H groups in total. The topological polar surface area (TPSA) is 78.9 Å². The van der Waals surface area contributed by atoms with Crippen LogP contribution >= 0.6 is 0 Å². The normalized spacial score (nSPS) is 12.9. The highest BCUT2D eigenvalue weighted by Gasteiger charge is 2.19. The highest BCUT2D eigenvalue weighted by Crippen LogP contribution is 2.16. The Labute approximate surface area is 469 Å². The Morgan fingerprint density at radius 2 is 0.513 bits per heavy atom. The molecule has 0 aromatic carbocycles. The molecule has 0 rings (SSSR count). The van der Waals surface area contributed by atoms with Crippen molar-refractivity contribution in [3.63, 3.8) is 0 Å². The monoisotopic (exact) mass is 1050 g/mol. The molecule has 0 saturated heterocycles. The first-order valence-electron chi connectivity index (χ1n) is 31.5. The lowest BCUT2D eigenvalue weighted by Crippen LogP contribution is -2.30. The van der Waals surface area contributed by atoms with Crippen LogP contribution in [0, 0.1) is 0 Å². The van der Waals surface area contributed by atoms with Gasteiger partial charge in [0.1, 0.15) is 13.2 Å². The summed E-state index contributed by atoms with van der Waals surface area (Å²) in [6.45, 7) is 6.38. The van der Waals surface area contributed by atoms with Crippen molar-refractivity contribution in [2.45, 2.75) is 290 Å². The maximum atomic E-state index is 12.8. The Morgan fingerprint density at radius 1 is 0.276 bits per heavy atom. The Morgan fingerprint density at radius 3 is 0.829 bits per heavy atom. The van der Waals surface area contributed by atoms with E-state index in [1.807, 2.05) is 0 Å². The molecule has 432 valence electrons. The number of carbonyl (C=O) groups is 3. The molecule has 0 aliphatic rings. The quantitative estimate of drug-likeness (QED) is 0.0261. The summed E-state index contributed by atoms with van der Waals surface area (Å²) in [5.74, 6) is -0.912. The molecule has 6 nitrogen and oxygen atoms in total. The minimum absolute atomic E-state index is 0.0872. The molecule has 1 unspecified atom stereocenters. The van der Waals surface area contributed by atoms with Crippen molar-refractivity contribution >= 4 is 17.9 Å². The zero-order chi connectivity index (χ0) is 55.0. The molecule has 0 aliphatic carbocycles. The van der Waals surface area contributed by atoms with Gasteiger partial charge in [-0.05, 0) is 122 Å². The summed E-state index contributed by atoms with van der Waals surface area (Å²) in [6.07, 6.45) is 88.0. The van der Waals surface area contributed by atoms with Crippen LogP contribution in [0.15, 0.2) is 122 Å². The van der Waals surface area contributed by atoms with E-state index in [-0.39, 0.29) is 31.1 Å². The fourth-order valence-corrected chi connectivity index (χ4v) is 8.46. The number of carbonyl (C=O) groups excluding carboxylic acids is 3. The molecular formula is C70H116O6. The highest BCUT2D eigenvalue weighted by atomic mass is 16.6. The van der Waals surface area contributed by atoms with Crippen molar-refractivity contribution in [2.24, 2.45) is 0 Å². The van der Waals surface area contributed by atoms with Crippen molar-refractivity contribution in [3.05, 3.63) is 122 Å². The standard InChI is InChI=1S/C70H116O6/c1-4-7-10-13-16-19-22-24-25-26-27-28-29-30-31-32-33-34-35-36-37-38-39-40-41-42-43-44-45-47-48-51-54-57-60-63-69(72)75-66-67(65-74-68(71)62-59-56-53-50-21-18-15-12-9-6-3)76-70(73)64-61-58-55-52-49-46-23-20-17-14-11-8-5-2/h7,10-12,14-16,19-20,23-25,27-28,30-31,33-34,36-37,67H,4-6,8-9,13,17-18,21-22,26,29,32,35,38-66H2,1-3H3/b10-7-,14-11-,15-12-,19-16-,23-20-,25-24-,28-27-,31-30-,34-33-,37-36-. The highest BCUT2D eigenvalue weighted by molar-refractivity contribution is 5.71. The number of rotatable bonds is 56. The van der Waals surface area contributed by atoms with E-state index in [9.17, 15) is 14.4 Å². The van der Waals surface area contributed by atoms with Gasteiger partial charge in [0.25, 0.3) is 0 Å². The number of hydrogen-bond donors (Lipinski definition) is 0. The van der Waals surface area contributed by atoms with Crippen LogP contribution in [-0.2, 0) is 28.6 Å². The fraction of sp³-hybridized carbons (Fsp3) is 0.671. The predicted molar refractivity (Wildman–Crippen MR) is 330 cm³/mol. The number of allylic oxidation sites excluding steroid dienone is 20. The van der Waals surface area contributed by atoms with Crippen molar-refractivity contribution in [1.29, 1.82) is 0 Å². The van der Waals surface area contributed by atoms with E-state index in [4.69, 9.17) is 14.2 Å². The van der Waals surface area contributed by atoms with Gasteiger partial charge in [0.15, 0.2) is 6.10 Å². The molecule has 0 heterocycles. The molecule has 0 radical (unpaired) electrons. The van der Waals surface area contributed by atoms with Crippen LogP contribution in [0.2, 0.25) is 0 Å². The summed E-state index contributed by atoms with van der Waals surface area (Å²) in [5, 5.41) is 0. The van der Waals surface area contributed by atoms with Crippen LogP contribution in [0.3, 0.4) is 0 Å². The van der Waals surface area contributed by atoms with Gasteiger partial charge in [-0.1, -0.05) is 264 Å². The van der Waals surface area contributed by atoms with Gasteiger partial charge in [0.05, 0.1) is 0 Å². The van der Waals surface area contributed by atoms with Gasteiger partial charge >= 0.3 is 17.9 Å². The molecule has 0 aliphatic heterocycles.